The maximum absolute atomic E-state index is 11.5. The topological polar surface area (TPSA) is 54.0 Å². The molecule has 0 saturated carbocycles. The normalized spacial score (nSPS) is 11.9. The first kappa shape index (κ1) is 14.5. The van der Waals surface area contributed by atoms with E-state index in [9.17, 15) is 4.79 Å². The third-order valence-electron chi connectivity index (χ3n) is 2.90. The maximum Gasteiger partial charge on any atom is 0.224 e. The average molecular weight is 289 g/mol. The van der Waals surface area contributed by atoms with Crippen LogP contribution >= 0.6 is 11.3 Å². The molecule has 0 saturated heterocycles. The third kappa shape index (κ3) is 4.06. The first-order valence-corrected chi connectivity index (χ1v) is 7.58. The lowest BCUT2D eigenvalue weighted by molar-refractivity contribution is -0.120. The lowest BCUT2D eigenvalue weighted by atomic mass is 10.1. The van der Waals surface area contributed by atoms with E-state index in [4.69, 9.17) is 0 Å². The van der Waals surface area contributed by atoms with E-state index in [0.29, 0.717) is 13.0 Å². The van der Waals surface area contributed by atoms with Crippen LogP contribution in [0.25, 0.3) is 0 Å². The molecule has 2 N–H and O–H groups in total. The summed E-state index contributed by atoms with van der Waals surface area (Å²) >= 11 is 1.64. The number of rotatable bonds is 6. The lowest BCUT2D eigenvalue weighted by Crippen LogP contribution is -2.24. The van der Waals surface area contributed by atoms with Gasteiger partial charge in [-0.1, -0.05) is 12.1 Å². The number of carbonyl (C=O) groups excluding carboxylic acids is 1. The second kappa shape index (κ2) is 7.05. The minimum Gasteiger partial charge on any atom is -0.376 e. The molecule has 1 atom stereocenters. The summed E-state index contributed by atoms with van der Waals surface area (Å²) in [5, 5.41) is 9.24. The molecule has 20 heavy (non-hydrogen) atoms. The molecule has 1 unspecified atom stereocenters. The Hall–Kier alpha value is -1.88. The summed E-state index contributed by atoms with van der Waals surface area (Å²) in [5.74, 6) is 0.0596. The molecule has 1 aromatic heterocycles. The lowest BCUT2D eigenvalue weighted by Gasteiger charge is -2.13. The van der Waals surface area contributed by atoms with Crippen LogP contribution < -0.4 is 10.6 Å². The highest BCUT2D eigenvalue weighted by atomic mass is 32.1. The number of hydrogen-bond acceptors (Lipinski definition) is 4. The Bertz CT molecular complexity index is 537. The van der Waals surface area contributed by atoms with Crippen LogP contribution in [0.3, 0.4) is 0 Å². The van der Waals surface area contributed by atoms with Crippen molar-refractivity contribution in [2.45, 2.75) is 26.3 Å². The molecule has 0 radical (unpaired) electrons. The van der Waals surface area contributed by atoms with Gasteiger partial charge >= 0.3 is 0 Å². The highest BCUT2D eigenvalue weighted by Gasteiger charge is 2.08. The van der Waals surface area contributed by atoms with E-state index in [1.165, 1.54) is 0 Å². The zero-order valence-corrected chi connectivity index (χ0v) is 12.5. The van der Waals surface area contributed by atoms with Crippen LogP contribution in [-0.4, -0.2) is 17.4 Å². The number of hydrogen-bond donors (Lipinski definition) is 2. The van der Waals surface area contributed by atoms with Gasteiger partial charge in [0.2, 0.25) is 5.91 Å². The molecule has 0 aliphatic rings. The number of aromatic nitrogens is 1. The van der Waals surface area contributed by atoms with Crippen molar-refractivity contribution in [3.05, 3.63) is 46.4 Å². The molecule has 106 valence electrons. The van der Waals surface area contributed by atoms with Crippen LogP contribution in [0.2, 0.25) is 0 Å². The van der Waals surface area contributed by atoms with E-state index in [-0.39, 0.29) is 11.9 Å². The van der Waals surface area contributed by atoms with Gasteiger partial charge in [0.1, 0.15) is 5.01 Å². The SMILES string of the molecule is CCNC(=O)Cc1ccc(NC(C)c2nccs2)cc1. The van der Waals surface area contributed by atoms with Gasteiger partial charge in [0, 0.05) is 23.8 Å². The molecule has 2 aromatic rings. The summed E-state index contributed by atoms with van der Waals surface area (Å²) < 4.78 is 0. The van der Waals surface area contributed by atoms with Crippen LogP contribution in [-0.2, 0) is 11.2 Å². The number of benzene rings is 1. The minimum atomic E-state index is 0.0596. The van der Waals surface area contributed by atoms with Gasteiger partial charge in [0.05, 0.1) is 12.5 Å². The largest absolute Gasteiger partial charge is 0.376 e. The summed E-state index contributed by atoms with van der Waals surface area (Å²) in [6, 6.07) is 8.14. The number of thiazole rings is 1. The first-order valence-electron chi connectivity index (χ1n) is 6.70. The van der Waals surface area contributed by atoms with E-state index < -0.39 is 0 Å². The smallest absolute Gasteiger partial charge is 0.224 e. The van der Waals surface area contributed by atoms with Crippen LogP contribution in [0, 0.1) is 0 Å². The zero-order valence-electron chi connectivity index (χ0n) is 11.7. The van der Waals surface area contributed by atoms with Gasteiger partial charge in [0.15, 0.2) is 0 Å². The summed E-state index contributed by atoms with van der Waals surface area (Å²) in [7, 11) is 0. The number of amides is 1. The van der Waals surface area contributed by atoms with E-state index in [1.807, 2.05) is 42.8 Å². The Morgan fingerprint density at radius 3 is 2.70 bits per heavy atom. The van der Waals surface area contributed by atoms with Crippen LogP contribution in [0.1, 0.15) is 30.5 Å². The maximum atomic E-state index is 11.5. The monoisotopic (exact) mass is 289 g/mol. The standard InChI is InChI=1S/C15H19N3OS/c1-3-16-14(19)10-12-4-6-13(7-5-12)18-11(2)15-17-8-9-20-15/h4-9,11,18H,3,10H2,1-2H3,(H,16,19). The van der Waals surface area contributed by atoms with Crippen LogP contribution in [0.5, 0.6) is 0 Å². The Balaban J connectivity index is 1.93. The van der Waals surface area contributed by atoms with Crippen molar-refractivity contribution in [1.82, 2.24) is 10.3 Å². The number of anilines is 1. The Kier molecular flexibility index (Phi) is 5.12. The van der Waals surface area contributed by atoms with E-state index in [1.54, 1.807) is 11.3 Å². The van der Waals surface area contributed by atoms with Crippen molar-refractivity contribution in [2.24, 2.45) is 0 Å². The van der Waals surface area contributed by atoms with Gasteiger partial charge in [-0.2, -0.15) is 0 Å². The summed E-state index contributed by atoms with van der Waals surface area (Å²) in [6.07, 6.45) is 2.24. The van der Waals surface area contributed by atoms with Crippen molar-refractivity contribution < 1.29 is 4.79 Å². The predicted molar refractivity (Wildman–Crippen MR) is 83.0 cm³/mol. The Morgan fingerprint density at radius 2 is 2.10 bits per heavy atom. The third-order valence-corrected chi connectivity index (χ3v) is 3.86. The molecule has 0 fully saturated rings. The molecule has 0 aliphatic heterocycles. The summed E-state index contributed by atoms with van der Waals surface area (Å²) in [6.45, 7) is 4.68. The van der Waals surface area contributed by atoms with Gasteiger partial charge in [0.25, 0.3) is 0 Å². The highest BCUT2D eigenvalue weighted by molar-refractivity contribution is 7.09. The number of nitrogens with zero attached hydrogens (tertiary/aromatic N) is 1. The number of nitrogens with one attached hydrogen (secondary N) is 2. The van der Waals surface area contributed by atoms with Gasteiger partial charge in [-0.25, -0.2) is 4.98 Å². The number of likely N-dealkylation sites (N-methyl/N-ethyl adjacent to an activating group) is 1. The molecule has 1 heterocycles. The van der Waals surface area contributed by atoms with Crippen molar-refractivity contribution >= 4 is 22.9 Å². The molecule has 4 nitrogen and oxygen atoms in total. The predicted octanol–water partition coefficient (Wildman–Crippen LogP) is 2.99. The molecule has 0 aliphatic carbocycles. The fourth-order valence-electron chi connectivity index (χ4n) is 1.92. The van der Waals surface area contributed by atoms with E-state index in [2.05, 4.69) is 22.5 Å². The van der Waals surface area contributed by atoms with Gasteiger partial charge in [-0.05, 0) is 31.5 Å². The van der Waals surface area contributed by atoms with Crippen molar-refractivity contribution in [3.8, 4) is 0 Å². The van der Waals surface area contributed by atoms with Gasteiger partial charge < -0.3 is 10.6 Å². The molecular formula is C15H19N3OS. The van der Waals surface area contributed by atoms with Gasteiger partial charge in [-0.15, -0.1) is 11.3 Å². The Labute approximate surface area is 123 Å². The molecule has 0 spiro atoms. The van der Waals surface area contributed by atoms with Crippen LogP contribution in [0.15, 0.2) is 35.8 Å². The molecule has 1 amide bonds. The molecule has 0 bridgehead atoms. The number of carbonyl (C=O) groups is 1. The zero-order chi connectivity index (χ0) is 14.4. The summed E-state index contributed by atoms with van der Waals surface area (Å²) in [5.41, 5.74) is 2.05. The molecule has 5 heteroatoms. The van der Waals surface area contributed by atoms with E-state index in [0.717, 1.165) is 16.3 Å². The fraction of sp³-hybridized carbons (Fsp3) is 0.333. The van der Waals surface area contributed by atoms with Gasteiger partial charge in [-0.3, -0.25) is 4.79 Å². The minimum absolute atomic E-state index is 0.0596. The molecule has 2 rings (SSSR count). The first-order chi connectivity index (χ1) is 9.69. The summed E-state index contributed by atoms with van der Waals surface area (Å²) in [4.78, 5) is 15.8. The Morgan fingerprint density at radius 1 is 1.35 bits per heavy atom. The average Bonchev–Trinajstić information content (AvgIpc) is 2.95. The highest BCUT2D eigenvalue weighted by Crippen LogP contribution is 2.21. The molecular weight excluding hydrogens is 270 g/mol. The van der Waals surface area contributed by atoms with Crippen molar-refractivity contribution in [2.75, 3.05) is 11.9 Å². The van der Waals surface area contributed by atoms with E-state index >= 15 is 0 Å². The second-order valence-corrected chi connectivity index (χ2v) is 5.49. The quantitative estimate of drug-likeness (QED) is 0.859. The molecule has 1 aromatic carbocycles. The van der Waals surface area contributed by atoms with Crippen LogP contribution in [0.4, 0.5) is 5.69 Å². The second-order valence-electron chi connectivity index (χ2n) is 4.56. The fourth-order valence-corrected chi connectivity index (χ4v) is 2.57. The van der Waals surface area contributed by atoms with Crippen molar-refractivity contribution in [3.63, 3.8) is 0 Å². The van der Waals surface area contributed by atoms with Crippen molar-refractivity contribution in [1.29, 1.82) is 0 Å².